The monoisotopic (exact) mass is 251 g/mol. The number of alkyl halides is 1. The maximum absolute atomic E-state index is 5.88. The predicted molar refractivity (Wildman–Crippen MR) is 76.0 cm³/mol. The van der Waals surface area contributed by atoms with Crippen molar-refractivity contribution in [2.75, 3.05) is 4.90 Å². The third-order valence-electron chi connectivity index (χ3n) is 3.95. The van der Waals surface area contributed by atoms with E-state index in [9.17, 15) is 0 Å². The summed E-state index contributed by atoms with van der Waals surface area (Å²) in [5.41, 5.74) is 3.97. The minimum absolute atomic E-state index is 0.605. The number of hydrogen-bond donors (Lipinski definition) is 0. The second-order valence-electron chi connectivity index (χ2n) is 5.15. The second-order valence-corrected chi connectivity index (χ2v) is 5.42. The zero-order valence-electron chi connectivity index (χ0n) is 11.0. The Labute approximate surface area is 110 Å². The number of halogens is 1. The van der Waals surface area contributed by atoms with Gasteiger partial charge in [-0.3, -0.25) is 0 Å². The van der Waals surface area contributed by atoms with Crippen LogP contribution in [0.5, 0.6) is 0 Å². The third-order valence-corrected chi connectivity index (χ3v) is 4.26. The molecule has 17 heavy (non-hydrogen) atoms. The minimum atomic E-state index is 0.605. The summed E-state index contributed by atoms with van der Waals surface area (Å²) in [5, 5.41) is 0. The van der Waals surface area contributed by atoms with Crippen molar-refractivity contribution in [3.8, 4) is 0 Å². The van der Waals surface area contributed by atoms with E-state index in [0.29, 0.717) is 18.0 Å². The first-order chi connectivity index (χ1) is 8.17. The molecule has 0 saturated carbocycles. The Morgan fingerprint density at radius 3 is 2.71 bits per heavy atom. The summed E-state index contributed by atoms with van der Waals surface area (Å²) in [6.07, 6.45) is 3.88. The predicted octanol–water partition coefficient (Wildman–Crippen LogP) is 4.50. The molecule has 2 unspecified atom stereocenters. The fourth-order valence-corrected chi connectivity index (χ4v) is 3.16. The molecule has 0 bridgehead atoms. The van der Waals surface area contributed by atoms with E-state index < -0.39 is 0 Å². The van der Waals surface area contributed by atoms with Gasteiger partial charge in [0.15, 0.2) is 0 Å². The number of anilines is 1. The highest BCUT2D eigenvalue weighted by Gasteiger charge is 2.29. The Morgan fingerprint density at radius 2 is 2.12 bits per heavy atom. The van der Waals surface area contributed by atoms with Crippen LogP contribution in [0.4, 0.5) is 5.69 Å². The van der Waals surface area contributed by atoms with Crippen LogP contribution in [0.15, 0.2) is 18.2 Å². The lowest BCUT2D eigenvalue weighted by Crippen LogP contribution is -2.34. The maximum atomic E-state index is 5.88. The summed E-state index contributed by atoms with van der Waals surface area (Å²) in [6, 6.07) is 8.01. The number of nitrogens with zero attached hydrogens (tertiary/aromatic N) is 1. The van der Waals surface area contributed by atoms with Gasteiger partial charge in [-0.05, 0) is 50.3 Å². The summed E-state index contributed by atoms with van der Waals surface area (Å²) < 4.78 is 0. The number of aryl methyl sites for hydroxylation is 1. The Hall–Kier alpha value is -0.690. The summed E-state index contributed by atoms with van der Waals surface area (Å²) >= 11 is 5.88. The largest absolute Gasteiger partial charge is 0.366 e. The van der Waals surface area contributed by atoms with E-state index in [1.54, 1.807) is 0 Å². The summed E-state index contributed by atoms with van der Waals surface area (Å²) in [4.78, 5) is 2.60. The lowest BCUT2D eigenvalue weighted by molar-refractivity contribution is 0.626. The molecule has 0 spiro atoms. The van der Waals surface area contributed by atoms with Gasteiger partial charge in [-0.1, -0.05) is 19.1 Å². The van der Waals surface area contributed by atoms with E-state index in [1.165, 1.54) is 36.1 Å². The molecule has 1 aliphatic rings. The second kappa shape index (κ2) is 5.30. The van der Waals surface area contributed by atoms with Crippen molar-refractivity contribution in [3.63, 3.8) is 0 Å². The first kappa shape index (κ1) is 12.8. The van der Waals surface area contributed by atoms with Gasteiger partial charge in [0.25, 0.3) is 0 Å². The van der Waals surface area contributed by atoms with Crippen LogP contribution in [-0.2, 0) is 5.88 Å². The SMILES string of the molecule is CCC1CCC(C)N1c1ccc(CCl)cc1C. The van der Waals surface area contributed by atoms with Crippen LogP contribution in [0.25, 0.3) is 0 Å². The van der Waals surface area contributed by atoms with Gasteiger partial charge >= 0.3 is 0 Å². The van der Waals surface area contributed by atoms with Gasteiger partial charge in [0.2, 0.25) is 0 Å². The average Bonchev–Trinajstić information content (AvgIpc) is 2.70. The average molecular weight is 252 g/mol. The maximum Gasteiger partial charge on any atom is 0.0474 e. The molecule has 2 rings (SSSR count). The Balaban J connectivity index is 2.32. The Morgan fingerprint density at radius 1 is 1.35 bits per heavy atom. The molecule has 0 amide bonds. The highest BCUT2D eigenvalue weighted by molar-refractivity contribution is 6.17. The number of benzene rings is 1. The Bertz CT molecular complexity index is 389. The van der Waals surface area contributed by atoms with E-state index in [-0.39, 0.29) is 0 Å². The van der Waals surface area contributed by atoms with Crippen molar-refractivity contribution in [1.82, 2.24) is 0 Å². The molecule has 94 valence electrons. The molecule has 0 N–H and O–H groups in total. The van der Waals surface area contributed by atoms with Crippen LogP contribution in [-0.4, -0.2) is 12.1 Å². The number of rotatable bonds is 3. The summed E-state index contributed by atoms with van der Waals surface area (Å²) in [7, 11) is 0. The van der Waals surface area contributed by atoms with Crippen molar-refractivity contribution >= 4 is 17.3 Å². The van der Waals surface area contributed by atoms with Gasteiger partial charge in [-0.2, -0.15) is 0 Å². The molecule has 0 radical (unpaired) electrons. The topological polar surface area (TPSA) is 3.24 Å². The van der Waals surface area contributed by atoms with Crippen LogP contribution < -0.4 is 4.90 Å². The van der Waals surface area contributed by atoms with Gasteiger partial charge in [-0.15, -0.1) is 11.6 Å². The summed E-state index contributed by atoms with van der Waals surface area (Å²) in [5.74, 6) is 0.605. The van der Waals surface area contributed by atoms with Gasteiger partial charge < -0.3 is 4.90 Å². The molecule has 1 aromatic rings. The van der Waals surface area contributed by atoms with Crippen molar-refractivity contribution in [2.24, 2.45) is 0 Å². The number of hydrogen-bond acceptors (Lipinski definition) is 1. The van der Waals surface area contributed by atoms with Crippen molar-refractivity contribution in [3.05, 3.63) is 29.3 Å². The molecule has 1 fully saturated rings. The molecule has 1 saturated heterocycles. The molecular formula is C15H22ClN. The van der Waals surface area contributed by atoms with Crippen LogP contribution in [0, 0.1) is 6.92 Å². The molecule has 0 aliphatic carbocycles. The smallest absolute Gasteiger partial charge is 0.0474 e. The van der Waals surface area contributed by atoms with Crippen LogP contribution in [0.1, 0.15) is 44.2 Å². The zero-order valence-corrected chi connectivity index (χ0v) is 11.8. The van der Waals surface area contributed by atoms with Gasteiger partial charge in [0.05, 0.1) is 0 Å². The highest BCUT2D eigenvalue weighted by atomic mass is 35.5. The van der Waals surface area contributed by atoms with E-state index in [0.717, 1.165) is 0 Å². The molecule has 1 aliphatic heterocycles. The lowest BCUT2D eigenvalue weighted by Gasteiger charge is -2.32. The van der Waals surface area contributed by atoms with E-state index >= 15 is 0 Å². The molecule has 0 aromatic heterocycles. The van der Waals surface area contributed by atoms with Crippen LogP contribution in [0.2, 0.25) is 0 Å². The summed E-state index contributed by atoms with van der Waals surface area (Å²) in [6.45, 7) is 6.83. The van der Waals surface area contributed by atoms with E-state index in [2.05, 4.69) is 43.9 Å². The molecule has 1 heterocycles. The van der Waals surface area contributed by atoms with Gasteiger partial charge in [-0.25, -0.2) is 0 Å². The fourth-order valence-electron chi connectivity index (χ4n) is 3.00. The molecule has 1 nitrogen and oxygen atoms in total. The third kappa shape index (κ3) is 2.44. The molecule has 2 heteroatoms. The van der Waals surface area contributed by atoms with Crippen molar-refractivity contribution in [1.29, 1.82) is 0 Å². The van der Waals surface area contributed by atoms with E-state index in [4.69, 9.17) is 11.6 Å². The standard InChI is InChI=1S/C15H22ClN/c1-4-14-7-5-12(3)17(14)15-8-6-13(10-16)9-11(15)2/h6,8-9,12,14H,4-5,7,10H2,1-3H3. The van der Waals surface area contributed by atoms with Crippen molar-refractivity contribution in [2.45, 2.75) is 58.0 Å². The fraction of sp³-hybridized carbons (Fsp3) is 0.600. The van der Waals surface area contributed by atoms with Gasteiger partial charge in [0, 0.05) is 23.7 Å². The lowest BCUT2D eigenvalue weighted by atomic mass is 10.1. The minimum Gasteiger partial charge on any atom is -0.366 e. The van der Waals surface area contributed by atoms with Gasteiger partial charge in [0.1, 0.15) is 0 Å². The van der Waals surface area contributed by atoms with Crippen molar-refractivity contribution < 1.29 is 0 Å². The molecular weight excluding hydrogens is 230 g/mol. The first-order valence-electron chi connectivity index (χ1n) is 6.61. The highest BCUT2D eigenvalue weighted by Crippen LogP contribution is 2.34. The molecule has 2 atom stereocenters. The molecule has 1 aromatic carbocycles. The zero-order chi connectivity index (χ0) is 12.4. The van der Waals surface area contributed by atoms with Crippen LogP contribution >= 0.6 is 11.6 Å². The quantitative estimate of drug-likeness (QED) is 0.715. The normalized spacial score (nSPS) is 24.4. The van der Waals surface area contributed by atoms with Crippen LogP contribution in [0.3, 0.4) is 0 Å². The first-order valence-corrected chi connectivity index (χ1v) is 7.14. The Kier molecular flexibility index (Phi) is 3.98. The van der Waals surface area contributed by atoms with E-state index in [1.807, 2.05) is 0 Å².